The monoisotopic (exact) mass is 219 g/mol. The Labute approximate surface area is 95.5 Å². The highest BCUT2D eigenvalue weighted by Crippen LogP contribution is 2.22. The van der Waals surface area contributed by atoms with Gasteiger partial charge in [0.2, 0.25) is 0 Å². The van der Waals surface area contributed by atoms with Gasteiger partial charge in [-0.3, -0.25) is 10.1 Å². The summed E-state index contributed by atoms with van der Waals surface area (Å²) in [7, 11) is 0. The number of nitrogens with one attached hydrogen (secondary N) is 1. The van der Waals surface area contributed by atoms with Gasteiger partial charge in [-0.1, -0.05) is 43.2 Å². The minimum absolute atomic E-state index is 0.362. The molecular weight excluding hydrogens is 202 g/mol. The van der Waals surface area contributed by atoms with Gasteiger partial charge in [0, 0.05) is 6.04 Å². The molecule has 1 aliphatic rings. The predicted molar refractivity (Wildman–Crippen MR) is 62.2 cm³/mol. The molecule has 16 heavy (non-hydrogen) atoms. The molecule has 0 bridgehead atoms. The van der Waals surface area contributed by atoms with Gasteiger partial charge in [0.25, 0.3) is 0 Å². The fourth-order valence-electron chi connectivity index (χ4n) is 2.28. The summed E-state index contributed by atoms with van der Waals surface area (Å²) >= 11 is 0. The molecule has 2 N–H and O–H groups in total. The zero-order valence-corrected chi connectivity index (χ0v) is 9.23. The van der Waals surface area contributed by atoms with Crippen LogP contribution in [0.5, 0.6) is 0 Å². The molecule has 3 heteroatoms. The molecule has 1 aliphatic carbocycles. The highest BCUT2D eigenvalue weighted by atomic mass is 16.4. The molecule has 86 valence electrons. The largest absolute Gasteiger partial charge is 0.480 e. The SMILES string of the molecule is O=C(O)C(NC1CCCC1)c1ccccc1. The van der Waals surface area contributed by atoms with E-state index in [4.69, 9.17) is 0 Å². The third-order valence-corrected chi connectivity index (χ3v) is 3.14. The zero-order chi connectivity index (χ0) is 11.4. The highest BCUT2D eigenvalue weighted by molar-refractivity contribution is 5.75. The molecule has 3 nitrogen and oxygen atoms in total. The van der Waals surface area contributed by atoms with Crippen molar-refractivity contribution >= 4 is 5.97 Å². The van der Waals surface area contributed by atoms with E-state index in [-0.39, 0.29) is 0 Å². The molecule has 0 aliphatic heterocycles. The van der Waals surface area contributed by atoms with Crippen molar-refractivity contribution in [2.24, 2.45) is 0 Å². The van der Waals surface area contributed by atoms with Crippen molar-refractivity contribution in [2.75, 3.05) is 0 Å². The molecule has 0 spiro atoms. The number of hydrogen-bond donors (Lipinski definition) is 2. The Kier molecular flexibility index (Phi) is 3.57. The van der Waals surface area contributed by atoms with Crippen LogP contribution in [0.3, 0.4) is 0 Å². The van der Waals surface area contributed by atoms with Gasteiger partial charge in [0.15, 0.2) is 0 Å². The molecule has 1 unspecified atom stereocenters. The van der Waals surface area contributed by atoms with Gasteiger partial charge in [-0.25, -0.2) is 0 Å². The Balaban J connectivity index is 2.08. The van der Waals surface area contributed by atoms with E-state index in [9.17, 15) is 9.90 Å². The fraction of sp³-hybridized carbons (Fsp3) is 0.462. The third-order valence-electron chi connectivity index (χ3n) is 3.14. The van der Waals surface area contributed by atoms with Gasteiger partial charge >= 0.3 is 5.97 Å². The van der Waals surface area contributed by atoms with Crippen molar-refractivity contribution in [1.29, 1.82) is 0 Å². The van der Waals surface area contributed by atoms with Crippen LogP contribution in [-0.2, 0) is 4.79 Å². The van der Waals surface area contributed by atoms with E-state index in [1.807, 2.05) is 30.3 Å². The van der Waals surface area contributed by atoms with Crippen LogP contribution in [0.1, 0.15) is 37.3 Å². The van der Waals surface area contributed by atoms with E-state index in [0.29, 0.717) is 6.04 Å². The van der Waals surface area contributed by atoms with Crippen molar-refractivity contribution < 1.29 is 9.90 Å². The van der Waals surface area contributed by atoms with E-state index in [0.717, 1.165) is 18.4 Å². The van der Waals surface area contributed by atoms with Gasteiger partial charge in [0.05, 0.1) is 0 Å². The van der Waals surface area contributed by atoms with Crippen molar-refractivity contribution in [1.82, 2.24) is 5.32 Å². The molecule has 0 amide bonds. The highest BCUT2D eigenvalue weighted by Gasteiger charge is 2.24. The number of carboxylic acid groups (broad SMARTS) is 1. The van der Waals surface area contributed by atoms with Crippen LogP contribution in [0.2, 0.25) is 0 Å². The van der Waals surface area contributed by atoms with Gasteiger partial charge in [-0.05, 0) is 18.4 Å². The summed E-state index contributed by atoms with van der Waals surface area (Å²) in [5, 5.41) is 12.5. The molecule has 1 aromatic rings. The average Bonchev–Trinajstić information content (AvgIpc) is 2.79. The molecule has 0 saturated heterocycles. The summed E-state index contributed by atoms with van der Waals surface area (Å²) < 4.78 is 0. The Morgan fingerprint density at radius 3 is 2.44 bits per heavy atom. The number of carboxylic acids is 1. The first-order valence-corrected chi connectivity index (χ1v) is 5.81. The topological polar surface area (TPSA) is 49.3 Å². The maximum Gasteiger partial charge on any atom is 0.325 e. The van der Waals surface area contributed by atoms with E-state index in [2.05, 4.69) is 5.32 Å². The Morgan fingerprint density at radius 2 is 1.88 bits per heavy atom. The molecule has 1 atom stereocenters. The molecular formula is C13H17NO2. The lowest BCUT2D eigenvalue weighted by Gasteiger charge is -2.19. The molecule has 2 rings (SSSR count). The van der Waals surface area contributed by atoms with Crippen LogP contribution in [0, 0.1) is 0 Å². The van der Waals surface area contributed by atoms with Gasteiger partial charge in [-0.2, -0.15) is 0 Å². The van der Waals surface area contributed by atoms with Gasteiger partial charge in [-0.15, -0.1) is 0 Å². The average molecular weight is 219 g/mol. The normalized spacial score (nSPS) is 18.5. The summed E-state index contributed by atoms with van der Waals surface area (Å²) in [6.07, 6.45) is 4.60. The molecule has 1 aromatic carbocycles. The maximum atomic E-state index is 11.2. The minimum atomic E-state index is -0.793. The first kappa shape index (κ1) is 11.1. The molecule has 0 aromatic heterocycles. The van der Waals surface area contributed by atoms with Crippen LogP contribution < -0.4 is 5.32 Å². The second kappa shape index (κ2) is 5.12. The maximum absolute atomic E-state index is 11.2. The Hall–Kier alpha value is -1.35. The third kappa shape index (κ3) is 2.61. The van der Waals surface area contributed by atoms with E-state index < -0.39 is 12.0 Å². The van der Waals surface area contributed by atoms with Crippen molar-refractivity contribution in [3.05, 3.63) is 35.9 Å². The molecule has 0 heterocycles. The minimum Gasteiger partial charge on any atom is -0.480 e. The first-order valence-electron chi connectivity index (χ1n) is 5.81. The second-order valence-electron chi connectivity index (χ2n) is 4.33. The standard InChI is InChI=1S/C13H17NO2/c15-13(16)12(10-6-2-1-3-7-10)14-11-8-4-5-9-11/h1-3,6-7,11-12,14H,4-5,8-9H2,(H,15,16). The predicted octanol–water partition coefficient (Wildman–Crippen LogP) is 2.34. The van der Waals surface area contributed by atoms with E-state index >= 15 is 0 Å². The van der Waals surface area contributed by atoms with Crippen LogP contribution in [-0.4, -0.2) is 17.1 Å². The van der Waals surface area contributed by atoms with Crippen LogP contribution in [0.25, 0.3) is 0 Å². The Morgan fingerprint density at radius 1 is 1.25 bits per heavy atom. The summed E-state index contributed by atoms with van der Waals surface area (Å²) in [5.41, 5.74) is 0.835. The van der Waals surface area contributed by atoms with Crippen LogP contribution in [0.4, 0.5) is 0 Å². The second-order valence-corrected chi connectivity index (χ2v) is 4.33. The lowest BCUT2D eigenvalue weighted by molar-refractivity contribution is -0.139. The summed E-state index contributed by atoms with van der Waals surface area (Å²) in [4.78, 5) is 11.2. The van der Waals surface area contributed by atoms with Crippen molar-refractivity contribution in [3.63, 3.8) is 0 Å². The molecule has 1 fully saturated rings. The van der Waals surface area contributed by atoms with Gasteiger partial charge < -0.3 is 5.11 Å². The van der Waals surface area contributed by atoms with Crippen LogP contribution in [0.15, 0.2) is 30.3 Å². The zero-order valence-electron chi connectivity index (χ0n) is 9.23. The summed E-state index contributed by atoms with van der Waals surface area (Å²) in [6.45, 7) is 0. The van der Waals surface area contributed by atoms with Crippen LogP contribution >= 0.6 is 0 Å². The van der Waals surface area contributed by atoms with E-state index in [1.54, 1.807) is 0 Å². The quantitative estimate of drug-likeness (QED) is 0.817. The molecule has 1 saturated carbocycles. The summed E-state index contributed by atoms with van der Waals surface area (Å²) in [6, 6.07) is 9.17. The molecule has 0 radical (unpaired) electrons. The Bertz CT molecular complexity index is 344. The lowest BCUT2D eigenvalue weighted by atomic mass is 10.1. The lowest BCUT2D eigenvalue weighted by Crippen LogP contribution is -2.35. The number of rotatable bonds is 4. The fourth-order valence-corrected chi connectivity index (χ4v) is 2.28. The number of carbonyl (C=O) groups is 1. The first-order chi connectivity index (χ1) is 7.77. The number of benzene rings is 1. The van der Waals surface area contributed by atoms with Crippen molar-refractivity contribution in [3.8, 4) is 0 Å². The smallest absolute Gasteiger partial charge is 0.325 e. The van der Waals surface area contributed by atoms with E-state index in [1.165, 1.54) is 12.8 Å². The number of hydrogen-bond acceptors (Lipinski definition) is 2. The summed E-state index contributed by atoms with van der Waals surface area (Å²) in [5.74, 6) is -0.793. The van der Waals surface area contributed by atoms with Gasteiger partial charge in [0.1, 0.15) is 6.04 Å². The number of aliphatic carboxylic acids is 1. The van der Waals surface area contributed by atoms with Crippen molar-refractivity contribution in [2.45, 2.75) is 37.8 Å².